The Balaban J connectivity index is 1.31. The first kappa shape index (κ1) is 25.8. The Bertz CT molecular complexity index is 1860. The van der Waals surface area contributed by atoms with Crippen molar-refractivity contribution in [3.8, 4) is 17.2 Å². The van der Waals surface area contributed by atoms with Gasteiger partial charge in [0.15, 0.2) is 11.5 Å². The number of nitrogens with zero attached hydrogens (tertiary/aromatic N) is 3. The lowest BCUT2D eigenvalue weighted by Crippen LogP contribution is -2.25. The smallest absolute Gasteiger partial charge is 0.282 e. The zero-order chi connectivity index (χ0) is 27.8. The molecular weight excluding hydrogens is 582 g/mol. The van der Waals surface area contributed by atoms with Gasteiger partial charge in [0.25, 0.3) is 5.56 Å². The van der Waals surface area contributed by atoms with Gasteiger partial charge in [0.1, 0.15) is 18.2 Å². The van der Waals surface area contributed by atoms with Crippen molar-refractivity contribution in [3.63, 3.8) is 0 Å². The van der Waals surface area contributed by atoms with Crippen LogP contribution in [0, 0.1) is 0 Å². The molecule has 8 heteroatoms. The molecule has 5 aromatic rings. The maximum Gasteiger partial charge on any atom is 0.282 e. The van der Waals surface area contributed by atoms with Crippen molar-refractivity contribution < 1.29 is 14.2 Å². The monoisotopic (exact) mass is 609 g/mol. The summed E-state index contributed by atoms with van der Waals surface area (Å²) in [5.41, 5.74) is 2.30. The molecule has 0 bridgehead atoms. The normalized spacial score (nSPS) is 15.2. The summed E-state index contributed by atoms with van der Waals surface area (Å²) in [7, 11) is 0. The molecule has 1 aliphatic heterocycles. The molecule has 206 valence electrons. The molecule has 0 unspecified atom stereocenters. The maximum absolute atomic E-state index is 13.9. The van der Waals surface area contributed by atoms with Crippen molar-refractivity contribution in [1.82, 2.24) is 9.66 Å². The van der Waals surface area contributed by atoms with Gasteiger partial charge in [0.2, 0.25) is 6.79 Å². The summed E-state index contributed by atoms with van der Waals surface area (Å²) < 4.78 is 19.7. The van der Waals surface area contributed by atoms with Crippen LogP contribution in [0.2, 0.25) is 0 Å². The first-order valence-electron chi connectivity index (χ1n) is 13.9. The van der Waals surface area contributed by atoms with Gasteiger partial charge in [0, 0.05) is 16.0 Å². The Kier molecular flexibility index (Phi) is 6.92. The number of fused-ring (bicyclic) bond motifs is 3. The van der Waals surface area contributed by atoms with E-state index in [4.69, 9.17) is 24.3 Å². The second kappa shape index (κ2) is 11.0. The summed E-state index contributed by atoms with van der Waals surface area (Å²) in [5, 5.41) is 7.41. The SMILES string of the molecule is O=c1c2cc(Br)ccc2nc(C2CCCCC2)n1N=Cc1c(OCc2ccc3c(c2)OCO3)ccc2ccccc12. The summed E-state index contributed by atoms with van der Waals surface area (Å²) in [6, 6.07) is 23.5. The van der Waals surface area contributed by atoms with E-state index in [9.17, 15) is 4.79 Å². The predicted molar refractivity (Wildman–Crippen MR) is 163 cm³/mol. The van der Waals surface area contributed by atoms with Crippen LogP contribution in [0.3, 0.4) is 0 Å². The van der Waals surface area contributed by atoms with Crippen LogP contribution in [0.5, 0.6) is 17.2 Å². The van der Waals surface area contributed by atoms with E-state index in [1.807, 2.05) is 66.7 Å². The fourth-order valence-corrected chi connectivity index (χ4v) is 6.11. The lowest BCUT2D eigenvalue weighted by atomic mass is 9.88. The molecule has 1 saturated carbocycles. The number of halogens is 1. The van der Waals surface area contributed by atoms with Gasteiger partial charge in [-0.1, -0.05) is 71.6 Å². The lowest BCUT2D eigenvalue weighted by molar-refractivity contribution is 0.174. The first-order chi connectivity index (χ1) is 20.1. The van der Waals surface area contributed by atoms with Gasteiger partial charge in [-0.15, -0.1) is 0 Å². The quantitative estimate of drug-likeness (QED) is 0.186. The molecule has 0 N–H and O–H groups in total. The second-order valence-electron chi connectivity index (χ2n) is 10.5. The zero-order valence-corrected chi connectivity index (χ0v) is 24.0. The highest BCUT2D eigenvalue weighted by molar-refractivity contribution is 9.10. The van der Waals surface area contributed by atoms with E-state index in [1.54, 1.807) is 6.21 Å². The standard InChI is InChI=1S/C33H28BrN3O4/c34-24-12-13-28-26(17-24)33(38)37(32(36-28)23-7-2-1-3-8-23)35-18-27-25-9-5-4-6-22(25)11-15-29(27)39-19-21-10-14-30-31(16-21)41-20-40-30/h4-6,9-18,23H,1-3,7-8,19-20H2. The Hall–Kier alpha value is -4.17. The highest BCUT2D eigenvalue weighted by atomic mass is 79.9. The highest BCUT2D eigenvalue weighted by Gasteiger charge is 2.23. The van der Waals surface area contributed by atoms with Crippen molar-refractivity contribution in [2.45, 2.75) is 44.6 Å². The van der Waals surface area contributed by atoms with E-state index in [1.165, 1.54) is 11.1 Å². The van der Waals surface area contributed by atoms with Gasteiger partial charge in [-0.2, -0.15) is 9.78 Å². The predicted octanol–water partition coefficient (Wildman–Crippen LogP) is 7.55. The molecule has 0 saturated heterocycles. The molecule has 0 radical (unpaired) electrons. The lowest BCUT2D eigenvalue weighted by Gasteiger charge is -2.23. The largest absolute Gasteiger partial charge is 0.488 e. The van der Waals surface area contributed by atoms with E-state index in [-0.39, 0.29) is 18.3 Å². The third-order valence-electron chi connectivity index (χ3n) is 7.87. The molecule has 0 atom stereocenters. The maximum atomic E-state index is 13.9. The van der Waals surface area contributed by atoms with Crippen LogP contribution in [0.1, 0.15) is 55.0 Å². The van der Waals surface area contributed by atoms with Gasteiger partial charge in [0.05, 0.1) is 17.1 Å². The molecule has 7 rings (SSSR count). The first-order valence-corrected chi connectivity index (χ1v) is 14.7. The number of aromatic nitrogens is 2. The van der Waals surface area contributed by atoms with E-state index >= 15 is 0 Å². The minimum absolute atomic E-state index is 0.170. The Morgan fingerprint density at radius 1 is 0.951 bits per heavy atom. The summed E-state index contributed by atoms with van der Waals surface area (Å²) in [4.78, 5) is 18.8. The van der Waals surface area contributed by atoms with E-state index in [0.29, 0.717) is 23.3 Å². The third-order valence-corrected chi connectivity index (χ3v) is 8.36. The Morgan fingerprint density at radius 3 is 2.71 bits per heavy atom. The molecule has 0 amide bonds. The van der Waals surface area contributed by atoms with Crippen LogP contribution in [-0.2, 0) is 6.61 Å². The van der Waals surface area contributed by atoms with Gasteiger partial charge in [-0.05, 0) is 65.6 Å². The molecule has 2 heterocycles. The van der Waals surface area contributed by atoms with Crippen LogP contribution in [0.4, 0.5) is 0 Å². The summed E-state index contributed by atoms with van der Waals surface area (Å²) >= 11 is 3.51. The van der Waals surface area contributed by atoms with Crippen molar-refractivity contribution in [3.05, 3.63) is 105 Å². The van der Waals surface area contributed by atoms with Crippen molar-refractivity contribution in [2.24, 2.45) is 5.10 Å². The Labute approximate surface area is 245 Å². The molecule has 7 nitrogen and oxygen atoms in total. The number of ether oxygens (including phenoxy) is 3. The second-order valence-corrected chi connectivity index (χ2v) is 11.4. The highest BCUT2D eigenvalue weighted by Crippen LogP contribution is 2.34. The van der Waals surface area contributed by atoms with Gasteiger partial charge in [-0.25, -0.2) is 4.98 Å². The van der Waals surface area contributed by atoms with Gasteiger partial charge < -0.3 is 14.2 Å². The fraction of sp³-hybridized carbons (Fsp3) is 0.242. The molecule has 41 heavy (non-hydrogen) atoms. The van der Waals surface area contributed by atoms with Crippen LogP contribution < -0.4 is 19.8 Å². The topological polar surface area (TPSA) is 74.9 Å². The van der Waals surface area contributed by atoms with Crippen molar-refractivity contribution in [1.29, 1.82) is 0 Å². The number of hydrogen-bond acceptors (Lipinski definition) is 6. The molecule has 1 aliphatic carbocycles. The van der Waals surface area contributed by atoms with Crippen molar-refractivity contribution >= 4 is 43.8 Å². The molecule has 4 aromatic carbocycles. The fourth-order valence-electron chi connectivity index (χ4n) is 5.74. The van der Waals surface area contributed by atoms with E-state index < -0.39 is 0 Å². The molecule has 1 aromatic heterocycles. The van der Waals surface area contributed by atoms with Crippen LogP contribution in [0.25, 0.3) is 21.7 Å². The average Bonchev–Trinajstić information content (AvgIpc) is 3.48. The molecule has 2 aliphatic rings. The number of hydrogen-bond donors (Lipinski definition) is 0. The van der Waals surface area contributed by atoms with E-state index in [2.05, 4.69) is 22.0 Å². The minimum Gasteiger partial charge on any atom is -0.488 e. The van der Waals surface area contributed by atoms with E-state index in [0.717, 1.165) is 69.4 Å². The summed E-state index contributed by atoms with van der Waals surface area (Å²) in [6.45, 7) is 0.572. The van der Waals surface area contributed by atoms with Crippen LogP contribution in [0.15, 0.2) is 87.2 Å². The third kappa shape index (κ3) is 5.08. The van der Waals surface area contributed by atoms with Crippen molar-refractivity contribution in [2.75, 3.05) is 6.79 Å². The molecular formula is C33H28BrN3O4. The summed E-state index contributed by atoms with van der Waals surface area (Å²) in [5.74, 6) is 3.05. The average molecular weight is 611 g/mol. The summed E-state index contributed by atoms with van der Waals surface area (Å²) in [6.07, 6.45) is 7.22. The Morgan fingerprint density at radius 2 is 1.80 bits per heavy atom. The minimum atomic E-state index is -0.170. The number of benzene rings is 4. The number of rotatable bonds is 6. The molecule has 0 spiro atoms. The zero-order valence-electron chi connectivity index (χ0n) is 22.4. The van der Waals surface area contributed by atoms with Gasteiger partial charge >= 0.3 is 0 Å². The van der Waals surface area contributed by atoms with Gasteiger partial charge in [-0.3, -0.25) is 4.79 Å². The molecule has 1 fully saturated rings. The van der Waals surface area contributed by atoms with Crippen LogP contribution >= 0.6 is 15.9 Å². The van der Waals surface area contributed by atoms with Crippen LogP contribution in [-0.4, -0.2) is 22.7 Å².